The second-order valence-corrected chi connectivity index (χ2v) is 8.42. The van der Waals surface area contributed by atoms with E-state index in [9.17, 15) is 9.90 Å². The Hall–Kier alpha value is -1.63. The monoisotopic (exact) mass is 404 g/mol. The Kier molecular flexibility index (Phi) is 8.77. The first-order valence-corrected chi connectivity index (χ1v) is 11.1. The number of hydrogen-bond acceptors (Lipinski definition) is 5. The second-order valence-electron chi connectivity index (χ2n) is 8.42. The number of nitrogens with one attached hydrogen (secondary N) is 1. The zero-order valence-corrected chi connectivity index (χ0v) is 17.6. The van der Waals surface area contributed by atoms with Gasteiger partial charge in [0.2, 0.25) is 0 Å². The average molecular weight is 405 g/mol. The Balaban J connectivity index is 1.53. The quantitative estimate of drug-likeness (QED) is 0.652. The van der Waals surface area contributed by atoms with Crippen LogP contribution >= 0.6 is 0 Å². The lowest BCUT2D eigenvalue weighted by Gasteiger charge is -2.31. The number of carbonyl (C=O) groups excluding carboxylic acids is 1. The highest BCUT2D eigenvalue weighted by molar-refractivity contribution is 5.94. The van der Waals surface area contributed by atoms with Crippen molar-refractivity contribution in [2.75, 3.05) is 40.0 Å². The third kappa shape index (κ3) is 6.98. The summed E-state index contributed by atoms with van der Waals surface area (Å²) in [7, 11) is 1.63. The first kappa shape index (κ1) is 22.1. The van der Waals surface area contributed by atoms with Gasteiger partial charge < -0.3 is 24.8 Å². The maximum atomic E-state index is 12.7. The summed E-state index contributed by atoms with van der Waals surface area (Å²) in [4.78, 5) is 15.2. The van der Waals surface area contributed by atoms with Gasteiger partial charge in [-0.3, -0.25) is 4.79 Å². The number of rotatable bonds is 8. The topological polar surface area (TPSA) is 71.0 Å². The number of benzene rings is 1. The van der Waals surface area contributed by atoms with Gasteiger partial charge in [-0.25, -0.2) is 0 Å². The Morgan fingerprint density at radius 3 is 2.59 bits per heavy atom. The van der Waals surface area contributed by atoms with Crippen LogP contribution < -0.4 is 10.1 Å². The van der Waals surface area contributed by atoms with Gasteiger partial charge in [-0.2, -0.15) is 0 Å². The van der Waals surface area contributed by atoms with Gasteiger partial charge in [-0.1, -0.05) is 19.3 Å². The summed E-state index contributed by atoms with van der Waals surface area (Å²) in [5.41, 5.74) is 0.583. The first-order valence-electron chi connectivity index (χ1n) is 11.1. The molecule has 2 N–H and O–H groups in total. The lowest BCUT2D eigenvalue weighted by atomic mass is 9.89. The van der Waals surface area contributed by atoms with E-state index in [4.69, 9.17) is 9.47 Å². The number of methoxy groups -OCH3 is 1. The molecule has 1 saturated carbocycles. The molecule has 0 radical (unpaired) electrons. The number of nitrogens with zero attached hydrogens (tertiary/aromatic N) is 1. The Morgan fingerprint density at radius 2 is 1.86 bits per heavy atom. The van der Waals surface area contributed by atoms with Crippen LogP contribution in [0.1, 0.15) is 55.3 Å². The van der Waals surface area contributed by atoms with Crippen molar-refractivity contribution in [2.45, 2.75) is 57.1 Å². The molecule has 1 aromatic carbocycles. The molecule has 3 rings (SSSR count). The summed E-state index contributed by atoms with van der Waals surface area (Å²) < 4.78 is 10.5. The van der Waals surface area contributed by atoms with Crippen molar-refractivity contribution in [1.82, 2.24) is 10.2 Å². The molecule has 1 aliphatic carbocycles. The van der Waals surface area contributed by atoms with Crippen molar-refractivity contribution in [3.63, 3.8) is 0 Å². The molecule has 0 bridgehead atoms. The Bertz CT molecular complexity index is 616. The molecule has 2 atom stereocenters. The first-order chi connectivity index (χ1) is 14.2. The molecule has 2 unspecified atom stereocenters. The summed E-state index contributed by atoms with van der Waals surface area (Å²) >= 11 is 0. The number of ether oxygens (including phenoxy) is 2. The molecule has 2 aliphatic rings. The maximum absolute atomic E-state index is 12.7. The predicted octanol–water partition coefficient (Wildman–Crippen LogP) is 2.85. The molecule has 162 valence electrons. The second kappa shape index (κ2) is 11.5. The van der Waals surface area contributed by atoms with Crippen molar-refractivity contribution >= 4 is 5.91 Å². The summed E-state index contributed by atoms with van der Waals surface area (Å²) in [6.07, 6.45) is 7.89. The molecule has 1 aliphatic heterocycles. The van der Waals surface area contributed by atoms with Gasteiger partial charge in [0.25, 0.3) is 5.91 Å². The van der Waals surface area contributed by atoms with Crippen molar-refractivity contribution in [3.05, 3.63) is 29.8 Å². The molecule has 0 aromatic heterocycles. The zero-order valence-electron chi connectivity index (χ0n) is 17.6. The normalized spacial score (nSPS) is 24.1. The van der Waals surface area contributed by atoms with Gasteiger partial charge in [-0.05, 0) is 62.4 Å². The largest absolute Gasteiger partial charge is 0.491 e. The van der Waals surface area contributed by atoms with Gasteiger partial charge in [0.05, 0.1) is 18.8 Å². The molecule has 1 aromatic rings. The molecule has 1 amide bonds. The molecule has 0 spiro atoms. The van der Waals surface area contributed by atoms with E-state index in [-0.39, 0.29) is 11.9 Å². The van der Waals surface area contributed by atoms with Gasteiger partial charge in [-0.15, -0.1) is 0 Å². The summed E-state index contributed by atoms with van der Waals surface area (Å²) in [5.74, 6) is 1.34. The molecular formula is C23H36N2O4. The molecule has 6 nitrogen and oxygen atoms in total. The fourth-order valence-electron chi connectivity index (χ4n) is 4.46. The smallest absolute Gasteiger partial charge is 0.251 e. The highest BCUT2D eigenvalue weighted by Crippen LogP contribution is 2.25. The van der Waals surface area contributed by atoms with Crippen LogP contribution in [0, 0.1) is 5.92 Å². The van der Waals surface area contributed by atoms with Gasteiger partial charge in [0, 0.05) is 25.8 Å². The molecule has 2 fully saturated rings. The summed E-state index contributed by atoms with van der Waals surface area (Å²) in [5, 5.41) is 13.6. The average Bonchev–Trinajstić information content (AvgIpc) is 2.90. The minimum Gasteiger partial charge on any atom is -0.491 e. The van der Waals surface area contributed by atoms with Crippen molar-refractivity contribution in [1.29, 1.82) is 0 Å². The number of aliphatic hydroxyl groups excluding tert-OH is 1. The fourth-order valence-corrected chi connectivity index (χ4v) is 4.46. The van der Waals surface area contributed by atoms with Gasteiger partial charge in [0.15, 0.2) is 0 Å². The third-order valence-corrected chi connectivity index (χ3v) is 6.12. The standard InChI is InChI=1S/C23H36N2O4/c1-28-14-15-29-20-11-9-19(10-12-20)23(27)24-21-17-25(13-5-8-22(21)26)16-18-6-3-2-4-7-18/h9-12,18,21-22,26H,2-8,13-17H2,1H3,(H,24,27). The SMILES string of the molecule is COCCOc1ccc(C(=O)NC2CN(CC3CCCCC3)CCCC2O)cc1. The van der Waals surface area contributed by atoms with Gasteiger partial charge >= 0.3 is 0 Å². The van der Waals surface area contributed by atoms with Crippen LogP contribution in [-0.4, -0.2) is 68.0 Å². The number of amides is 1. The van der Waals surface area contributed by atoms with E-state index in [1.165, 1.54) is 32.1 Å². The van der Waals surface area contributed by atoms with Crippen molar-refractivity contribution in [2.24, 2.45) is 5.92 Å². The van der Waals surface area contributed by atoms with Crippen molar-refractivity contribution in [3.8, 4) is 5.75 Å². The van der Waals surface area contributed by atoms with Crippen LogP contribution in [0.4, 0.5) is 0 Å². The lowest BCUT2D eigenvalue weighted by molar-refractivity contribution is 0.0789. The van der Waals surface area contributed by atoms with E-state index < -0.39 is 6.10 Å². The van der Waals surface area contributed by atoms with Gasteiger partial charge in [0.1, 0.15) is 12.4 Å². The molecular weight excluding hydrogens is 368 g/mol. The lowest BCUT2D eigenvalue weighted by Crippen LogP contribution is -2.49. The molecule has 1 heterocycles. The van der Waals surface area contributed by atoms with Crippen LogP contribution in [0.15, 0.2) is 24.3 Å². The number of carbonyl (C=O) groups is 1. The molecule has 6 heteroatoms. The van der Waals surface area contributed by atoms with Crippen LogP contribution in [-0.2, 0) is 4.74 Å². The third-order valence-electron chi connectivity index (χ3n) is 6.12. The molecule has 29 heavy (non-hydrogen) atoms. The zero-order chi connectivity index (χ0) is 20.5. The Labute approximate surface area is 174 Å². The van der Waals surface area contributed by atoms with E-state index in [0.717, 1.165) is 38.4 Å². The Morgan fingerprint density at radius 1 is 1.10 bits per heavy atom. The minimum absolute atomic E-state index is 0.142. The van der Waals surface area contributed by atoms with Crippen LogP contribution in [0.3, 0.4) is 0 Å². The van der Waals surface area contributed by atoms with E-state index in [2.05, 4.69) is 10.2 Å². The van der Waals surface area contributed by atoms with Crippen LogP contribution in [0.5, 0.6) is 5.75 Å². The number of aliphatic hydroxyl groups is 1. The highest BCUT2D eigenvalue weighted by Gasteiger charge is 2.28. The number of hydrogen-bond donors (Lipinski definition) is 2. The maximum Gasteiger partial charge on any atom is 0.251 e. The van der Waals surface area contributed by atoms with Crippen LogP contribution in [0.2, 0.25) is 0 Å². The summed E-state index contributed by atoms with van der Waals surface area (Å²) in [6.45, 7) is 3.83. The summed E-state index contributed by atoms with van der Waals surface area (Å²) in [6, 6.07) is 6.89. The minimum atomic E-state index is -0.494. The fraction of sp³-hybridized carbons (Fsp3) is 0.696. The predicted molar refractivity (Wildman–Crippen MR) is 113 cm³/mol. The van der Waals surface area contributed by atoms with Crippen molar-refractivity contribution < 1.29 is 19.4 Å². The van der Waals surface area contributed by atoms with Crippen LogP contribution in [0.25, 0.3) is 0 Å². The van der Waals surface area contributed by atoms with E-state index in [1.54, 1.807) is 31.4 Å². The number of likely N-dealkylation sites (tertiary alicyclic amines) is 1. The van der Waals surface area contributed by atoms with E-state index in [0.29, 0.717) is 24.5 Å². The van der Waals surface area contributed by atoms with E-state index in [1.807, 2.05) is 0 Å². The van der Waals surface area contributed by atoms with E-state index >= 15 is 0 Å². The highest BCUT2D eigenvalue weighted by atomic mass is 16.5. The molecule has 1 saturated heterocycles.